The van der Waals surface area contributed by atoms with Gasteiger partial charge in [-0.15, -0.1) is 5.10 Å². The molecule has 0 radical (unpaired) electrons. The highest BCUT2D eigenvalue weighted by molar-refractivity contribution is 5.89. The maximum absolute atomic E-state index is 10.3. The maximum Gasteiger partial charge on any atom is 0.244 e. The molecule has 1 aliphatic heterocycles. The smallest absolute Gasteiger partial charge is 0.244 e. The van der Waals surface area contributed by atoms with Crippen LogP contribution in [0.2, 0.25) is 0 Å². The summed E-state index contributed by atoms with van der Waals surface area (Å²) in [6.07, 6.45) is 1.66. The number of benzene rings is 2. The fourth-order valence-corrected chi connectivity index (χ4v) is 4.95. The molecule has 6 rings (SSSR count). The van der Waals surface area contributed by atoms with Crippen molar-refractivity contribution in [1.82, 2.24) is 20.2 Å². The lowest BCUT2D eigenvalue weighted by molar-refractivity contribution is 0.366. The molecule has 0 saturated heterocycles. The average molecular weight is 406 g/mol. The standard InChI is InChI=1S/C24H18N6O/c1-2-7-18-19-23(30-29-18)31-22(26)15(12-25)24(19)14-9-4-3-8-13(14)20-21(24)28-17-11-6-5-10-16(17)27-20/h3-6,8-11H,2,7,26H2,1H3,(H,29,30). The molecule has 3 heterocycles. The van der Waals surface area contributed by atoms with Gasteiger partial charge in [-0.3, -0.25) is 5.10 Å². The molecule has 150 valence electrons. The number of nitrogens with two attached hydrogens (primary N) is 1. The topological polar surface area (TPSA) is 114 Å². The highest BCUT2D eigenvalue weighted by Crippen LogP contribution is 2.59. The minimum absolute atomic E-state index is 0.0437. The Morgan fingerprint density at radius 3 is 2.61 bits per heavy atom. The molecule has 0 saturated carbocycles. The van der Waals surface area contributed by atoms with Gasteiger partial charge in [0.15, 0.2) is 0 Å². The lowest BCUT2D eigenvalue weighted by atomic mass is 9.68. The van der Waals surface area contributed by atoms with E-state index in [1.165, 1.54) is 0 Å². The van der Waals surface area contributed by atoms with Gasteiger partial charge in [-0.05, 0) is 24.1 Å². The Morgan fingerprint density at radius 1 is 1.10 bits per heavy atom. The van der Waals surface area contributed by atoms with Gasteiger partial charge in [0.25, 0.3) is 0 Å². The third-order valence-corrected chi connectivity index (χ3v) is 6.13. The molecule has 1 spiro atoms. The van der Waals surface area contributed by atoms with Gasteiger partial charge in [0, 0.05) is 11.3 Å². The van der Waals surface area contributed by atoms with Crippen molar-refractivity contribution in [2.75, 3.05) is 0 Å². The molecule has 0 bridgehead atoms. The van der Waals surface area contributed by atoms with Gasteiger partial charge in [0.05, 0.1) is 28.0 Å². The lowest BCUT2D eigenvalue weighted by Gasteiger charge is -2.34. The van der Waals surface area contributed by atoms with E-state index in [2.05, 4.69) is 23.2 Å². The number of hydrogen-bond acceptors (Lipinski definition) is 6. The fourth-order valence-electron chi connectivity index (χ4n) is 4.95. The molecule has 0 fully saturated rings. The van der Waals surface area contributed by atoms with Gasteiger partial charge in [-0.1, -0.05) is 49.7 Å². The zero-order chi connectivity index (χ0) is 21.2. The molecular formula is C24H18N6O. The van der Waals surface area contributed by atoms with Crippen molar-refractivity contribution >= 4 is 11.0 Å². The summed E-state index contributed by atoms with van der Waals surface area (Å²) in [5.74, 6) is 0.430. The van der Waals surface area contributed by atoms with Crippen LogP contribution in [0.1, 0.15) is 35.9 Å². The number of hydrogen-bond donors (Lipinski definition) is 2. The van der Waals surface area contributed by atoms with Crippen molar-refractivity contribution in [2.45, 2.75) is 25.2 Å². The van der Waals surface area contributed by atoms with Crippen LogP contribution >= 0.6 is 0 Å². The first kappa shape index (κ1) is 17.7. The van der Waals surface area contributed by atoms with Crippen LogP contribution in [-0.2, 0) is 11.8 Å². The van der Waals surface area contributed by atoms with E-state index >= 15 is 0 Å². The number of nitrogens with one attached hydrogen (secondary N) is 1. The molecule has 2 aromatic carbocycles. The van der Waals surface area contributed by atoms with Gasteiger partial charge in [0.1, 0.15) is 17.1 Å². The second kappa shape index (κ2) is 6.16. The number of allylic oxidation sites excluding steroid dienone is 1. The normalized spacial score (nSPS) is 18.5. The van der Waals surface area contributed by atoms with E-state index < -0.39 is 5.41 Å². The van der Waals surface area contributed by atoms with Gasteiger partial charge in [-0.25, -0.2) is 9.97 Å². The molecule has 2 aromatic heterocycles. The summed E-state index contributed by atoms with van der Waals surface area (Å²) in [5, 5.41) is 17.8. The number of fused-ring (bicyclic) bond motifs is 8. The summed E-state index contributed by atoms with van der Waals surface area (Å²) >= 11 is 0. The number of rotatable bonds is 2. The van der Waals surface area contributed by atoms with Crippen LogP contribution in [0, 0.1) is 11.3 Å². The molecule has 1 aliphatic carbocycles. The van der Waals surface area contributed by atoms with Crippen molar-refractivity contribution in [3.05, 3.63) is 82.5 Å². The SMILES string of the molecule is CCCc1[nH]nc2c1C1(C(C#N)=C(N)O2)c2ccccc2-c2nc3ccccc3nc21. The Morgan fingerprint density at radius 2 is 1.84 bits per heavy atom. The first-order valence-electron chi connectivity index (χ1n) is 10.2. The summed E-state index contributed by atoms with van der Waals surface area (Å²) < 4.78 is 5.81. The van der Waals surface area contributed by atoms with E-state index in [4.69, 9.17) is 20.4 Å². The first-order valence-corrected chi connectivity index (χ1v) is 10.2. The third-order valence-electron chi connectivity index (χ3n) is 6.13. The molecular weight excluding hydrogens is 388 g/mol. The predicted octanol–water partition coefficient (Wildman–Crippen LogP) is 3.71. The van der Waals surface area contributed by atoms with E-state index in [1.54, 1.807) is 0 Å². The fraction of sp³-hybridized carbons (Fsp3) is 0.167. The summed E-state index contributed by atoms with van der Waals surface area (Å²) in [6.45, 7) is 2.10. The second-order valence-electron chi connectivity index (χ2n) is 7.79. The summed E-state index contributed by atoms with van der Waals surface area (Å²) in [7, 11) is 0. The van der Waals surface area contributed by atoms with E-state index in [0.29, 0.717) is 17.1 Å². The molecule has 1 unspecified atom stereocenters. The average Bonchev–Trinajstić information content (AvgIpc) is 3.31. The van der Waals surface area contributed by atoms with E-state index in [9.17, 15) is 5.26 Å². The van der Waals surface area contributed by atoms with Crippen LogP contribution in [0.3, 0.4) is 0 Å². The van der Waals surface area contributed by atoms with E-state index in [1.807, 2.05) is 48.5 Å². The van der Waals surface area contributed by atoms with Crippen LogP contribution in [0.15, 0.2) is 60.0 Å². The Balaban J connectivity index is 1.84. The number of para-hydroxylation sites is 2. The van der Waals surface area contributed by atoms with Crippen LogP contribution in [0.4, 0.5) is 0 Å². The third kappa shape index (κ3) is 2.09. The van der Waals surface area contributed by atoms with Crippen molar-refractivity contribution < 1.29 is 4.74 Å². The molecule has 4 aromatic rings. The van der Waals surface area contributed by atoms with Gasteiger partial charge in [0.2, 0.25) is 11.8 Å². The number of H-pyrrole nitrogens is 1. The van der Waals surface area contributed by atoms with Crippen molar-refractivity contribution in [3.8, 4) is 23.2 Å². The van der Waals surface area contributed by atoms with Gasteiger partial charge < -0.3 is 10.5 Å². The van der Waals surface area contributed by atoms with Crippen LogP contribution in [-0.4, -0.2) is 20.2 Å². The predicted molar refractivity (Wildman–Crippen MR) is 115 cm³/mol. The highest BCUT2D eigenvalue weighted by Gasteiger charge is 2.57. The van der Waals surface area contributed by atoms with E-state index in [-0.39, 0.29) is 5.88 Å². The first-order chi connectivity index (χ1) is 15.2. The lowest BCUT2D eigenvalue weighted by Crippen LogP contribution is -2.37. The van der Waals surface area contributed by atoms with Crippen LogP contribution in [0.25, 0.3) is 22.3 Å². The molecule has 31 heavy (non-hydrogen) atoms. The summed E-state index contributed by atoms with van der Waals surface area (Å²) in [6, 6.07) is 18.1. The Bertz CT molecular complexity index is 1460. The number of aryl methyl sites for hydroxylation is 1. The summed E-state index contributed by atoms with van der Waals surface area (Å²) in [5.41, 5.74) is 12.2. The zero-order valence-corrected chi connectivity index (χ0v) is 16.8. The number of nitriles is 1. The number of aromatic amines is 1. The maximum atomic E-state index is 10.3. The Kier molecular flexibility index (Phi) is 3.51. The van der Waals surface area contributed by atoms with Crippen molar-refractivity contribution in [1.29, 1.82) is 5.26 Å². The number of aromatic nitrogens is 4. The largest absolute Gasteiger partial charge is 0.420 e. The summed E-state index contributed by atoms with van der Waals surface area (Å²) in [4.78, 5) is 10.0. The quantitative estimate of drug-likeness (QED) is 0.525. The Labute approximate surface area is 178 Å². The number of nitrogens with zero attached hydrogens (tertiary/aromatic N) is 4. The Hall–Kier alpha value is -4.18. The van der Waals surface area contributed by atoms with Crippen molar-refractivity contribution in [3.63, 3.8) is 0 Å². The number of ether oxygens (including phenoxy) is 1. The van der Waals surface area contributed by atoms with E-state index in [0.717, 1.165) is 52.0 Å². The molecule has 7 nitrogen and oxygen atoms in total. The molecule has 1 atom stereocenters. The van der Waals surface area contributed by atoms with Crippen LogP contribution in [0.5, 0.6) is 5.88 Å². The molecule has 7 heteroatoms. The van der Waals surface area contributed by atoms with Gasteiger partial charge in [-0.2, -0.15) is 5.26 Å². The molecule has 0 amide bonds. The minimum atomic E-state index is -1.02. The minimum Gasteiger partial charge on any atom is -0.420 e. The second-order valence-corrected chi connectivity index (χ2v) is 7.79. The van der Waals surface area contributed by atoms with Crippen molar-refractivity contribution in [2.24, 2.45) is 5.73 Å². The van der Waals surface area contributed by atoms with Crippen LogP contribution < -0.4 is 10.5 Å². The highest BCUT2D eigenvalue weighted by atomic mass is 16.5. The molecule has 3 N–H and O–H groups in total. The monoisotopic (exact) mass is 406 g/mol. The molecule has 2 aliphatic rings. The zero-order valence-electron chi connectivity index (χ0n) is 16.8. The van der Waals surface area contributed by atoms with Gasteiger partial charge >= 0.3 is 0 Å².